The number of benzene rings is 1. The van der Waals surface area contributed by atoms with Gasteiger partial charge in [0.05, 0.1) is 5.60 Å². The molecule has 0 radical (unpaired) electrons. The molecule has 0 saturated heterocycles. The molecule has 0 fully saturated rings. The fraction of sp³-hybridized carbons (Fsp3) is 0.684. The van der Waals surface area contributed by atoms with E-state index in [1.165, 1.54) is 30.4 Å². The fourth-order valence-electron chi connectivity index (χ4n) is 3.23. The number of aryl methyl sites for hydroxylation is 1. The van der Waals surface area contributed by atoms with Crippen LogP contribution in [0.2, 0.25) is 0 Å². The van der Waals surface area contributed by atoms with Gasteiger partial charge in [-0.2, -0.15) is 0 Å². The van der Waals surface area contributed by atoms with Crippen molar-refractivity contribution in [2.45, 2.75) is 65.0 Å². The predicted octanol–water partition coefficient (Wildman–Crippen LogP) is 4.49. The Hall–Kier alpha value is -0.860. The minimum absolute atomic E-state index is 0.0289. The molecule has 1 aromatic rings. The molecule has 1 N–H and O–H groups in total. The van der Waals surface area contributed by atoms with Gasteiger partial charge < -0.3 is 10.1 Å². The van der Waals surface area contributed by atoms with E-state index in [-0.39, 0.29) is 5.60 Å². The molecule has 0 aromatic heterocycles. The molecule has 2 heteroatoms. The first-order valence-electron chi connectivity index (χ1n) is 8.46. The summed E-state index contributed by atoms with van der Waals surface area (Å²) in [5.74, 6) is 0.689. The molecule has 2 unspecified atom stereocenters. The van der Waals surface area contributed by atoms with Crippen molar-refractivity contribution in [3.8, 4) is 0 Å². The number of hydrogen-bond acceptors (Lipinski definition) is 2. The molecule has 0 amide bonds. The molecule has 21 heavy (non-hydrogen) atoms. The average Bonchev–Trinajstić information content (AvgIpc) is 2.44. The zero-order valence-corrected chi connectivity index (χ0v) is 14.1. The Bertz CT molecular complexity index is 435. The van der Waals surface area contributed by atoms with Gasteiger partial charge in [-0.15, -0.1) is 0 Å². The maximum absolute atomic E-state index is 5.95. The van der Waals surface area contributed by atoms with Crippen LogP contribution in [-0.2, 0) is 11.2 Å². The minimum Gasteiger partial charge on any atom is -0.376 e. The summed E-state index contributed by atoms with van der Waals surface area (Å²) in [6, 6.07) is 9.43. The van der Waals surface area contributed by atoms with Gasteiger partial charge in [-0.3, -0.25) is 0 Å². The van der Waals surface area contributed by atoms with Crippen molar-refractivity contribution < 1.29 is 4.74 Å². The zero-order chi connectivity index (χ0) is 15.3. The van der Waals surface area contributed by atoms with Crippen molar-refractivity contribution in [2.24, 2.45) is 5.92 Å². The van der Waals surface area contributed by atoms with Crippen molar-refractivity contribution in [1.29, 1.82) is 0 Å². The van der Waals surface area contributed by atoms with E-state index in [1.54, 1.807) is 0 Å². The van der Waals surface area contributed by atoms with Crippen LogP contribution in [0.5, 0.6) is 0 Å². The van der Waals surface area contributed by atoms with Crippen molar-refractivity contribution in [1.82, 2.24) is 5.32 Å². The summed E-state index contributed by atoms with van der Waals surface area (Å²) in [6.07, 6.45) is 4.81. The second kappa shape index (κ2) is 7.42. The van der Waals surface area contributed by atoms with Crippen molar-refractivity contribution in [3.63, 3.8) is 0 Å². The molecule has 1 aromatic carbocycles. The highest BCUT2D eigenvalue weighted by Crippen LogP contribution is 2.36. The summed E-state index contributed by atoms with van der Waals surface area (Å²) in [5.41, 5.74) is 3.01. The number of nitrogens with one attached hydrogen (secondary N) is 1. The van der Waals surface area contributed by atoms with Crippen LogP contribution in [0, 0.1) is 5.92 Å². The van der Waals surface area contributed by atoms with Gasteiger partial charge in [0.2, 0.25) is 0 Å². The average molecular weight is 289 g/mol. The highest BCUT2D eigenvalue weighted by atomic mass is 16.5. The molecule has 1 aliphatic rings. The van der Waals surface area contributed by atoms with Crippen molar-refractivity contribution >= 4 is 0 Å². The van der Waals surface area contributed by atoms with E-state index in [0.717, 1.165) is 19.6 Å². The minimum atomic E-state index is -0.0289. The van der Waals surface area contributed by atoms with Crippen LogP contribution < -0.4 is 5.32 Å². The maximum atomic E-state index is 5.95. The summed E-state index contributed by atoms with van der Waals surface area (Å²) in [4.78, 5) is 0. The smallest absolute Gasteiger partial charge is 0.0598 e. The number of rotatable bonds is 6. The lowest BCUT2D eigenvalue weighted by Gasteiger charge is -2.35. The van der Waals surface area contributed by atoms with Gasteiger partial charge in [-0.25, -0.2) is 0 Å². The molecule has 2 atom stereocenters. The summed E-state index contributed by atoms with van der Waals surface area (Å²) in [7, 11) is 0. The third kappa shape index (κ3) is 4.82. The lowest BCUT2D eigenvalue weighted by molar-refractivity contribution is -0.0120. The Morgan fingerprint density at radius 2 is 2.00 bits per heavy atom. The highest BCUT2D eigenvalue weighted by Gasteiger charge is 2.28. The zero-order valence-electron chi connectivity index (χ0n) is 14.1. The van der Waals surface area contributed by atoms with E-state index in [9.17, 15) is 0 Å². The standard InChI is InChI=1S/C19H31NO/c1-5-13-20-18-16(12-14-21-19(2,3)4)11-10-15-8-6-7-9-17(15)18/h6-9,16,18,20H,5,10-14H2,1-4H3. The van der Waals surface area contributed by atoms with E-state index in [1.807, 2.05) is 0 Å². The van der Waals surface area contributed by atoms with Gasteiger partial charge in [0.1, 0.15) is 0 Å². The first-order chi connectivity index (χ1) is 10.0. The second-order valence-corrected chi connectivity index (χ2v) is 7.18. The van der Waals surface area contributed by atoms with Crippen LogP contribution in [-0.4, -0.2) is 18.8 Å². The molecule has 0 spiro atoms. The molecule has 0 saturated carbocycles. The summed E-state index contributed by atoms with van der Waals surface area (Å²) in [6.45, 7) is 10.6. The lowest BCUT2D eigenvalue weighted by atomic mass is 9.78. The molecule has 0 bridgehead atoms. The first kappa shape index (κ1) is 16.5. The van der Waals surface area contributed by atoms with Crippen molar-refractivity contribution in [3.05, 3.63) is 35.4 Å². The Labute approximate surface area is 130 Å². The van der Waals surface area contributed by atoms with Crippen LogP contribution in [0.1, 0.15) is 64.1 Å². The van der Waals surface area contributed by atoms with Gasteiger partial charge in [0.25, 0.3) is 0 Å². The van der Waals surface area contributed by atoms with Gasteiger partial charge in [0.15, 0.2) is 0 Å². The van der Waals surface area contributed by atoms with Crippen LogP contribution in [0.3, 0.4) is 0 Å². The van der Waals surface area contributed by atoms with E-state index < -0.39 is 0 Å². The predicted molar refractivity (Wildman–Crippen MR) is 89.6 cm³/mol. The molecule has 0 heterocycles. The Kier molecular flexibility index (Phi) is 5.83. The Morgan fingerprint density at radius 1 is 1.24 bits per heavy atom. The summed E-state index contributed by atoms with van der Waals surface area (Å²) in [5, 5.41) is 3.77. The largest absolute Gasteiger partial charge is 0.376 e. The van der Waals surface area contributed by atoms with E-state index in [2.05, 4.69) is 57.3 Å². The fourth-order valence-corrected chi connectivity index (χ4v) is 3.23. The van der Waals surface area contributed by atoms with Gasteiger partial charge in [-0.1, -0.05) is 31.2 Å². The lowest BCUT2D eigenvalue weighted by Crippen LogP contribution is -2.34. The van der Waals surface area contributed by atoms with Crippen LogP contribution in [0.4, 0.5) is 0 Å². The number of fused-ring (bicyclic) bond motifs is 1. The Balaban J connectivity index is 2.03. The third-order valence-corrected chi connectivity index (χ3v) is 4.28. The number of hydrogen-bond donors (Lipinski definition) is 1. The molecule has 2 rings (SSSR count). The molecule has 0 aliphatic heterocycles. The van der Waals surface area contributed by atoms with Gasteiger partial charge in [0, 0.05) is 12.6 Å². The second-order valence-electron chi connectivity index (χ2n) is 7.18. The van der Waals surface area contributed by atoms with E-state index in [4.69, 9.17) is 4.74 Å². The summed E-state index contributed by atoms with van der Waals surface area (Å²) >= 11 is 0. The van der Waals surface area contributed by atoms with Gasteiger partial charge >= 0.3 is 0 Å². The normalized spacial score (nSPS) is 22.1. The highest BCUT2D eigenvalue weighted by molar-refractivity contribution is 5.33. The quantitative estimate of drug-likeness (QED) is 0.833. The van der Waals surface area contributed by atoms with Gasteiger partial charge in [-0.05, 0) is 70.0 Å². The third-order valence-electron chi connectivity index (χ3n) is 4.28. The Morgan fingerprint density at radius 3 is 2.71 bits per heavy atom. The molecule has 2 nitrogen and oxygen atoms in total. The van der Waals surface area contributed by atoms with E-state index in [0.29, 0.717) is 12.0 Å². The maximum Gasteiger partial charge on any atom is 0.0598 e. The molecule has 1 aliphatic carbocycles. The molecule has 118 valence electrons. The van der Waals surface area contributed by atoms with Crippen LogP contribution in [0.25, 0.3) is 0 Å². The van der Waals surface area contributed by atoms with Crippen LogP contribution >= 0.6 is 0 Å². The number of ether oxygens (including phenoxy) is 1. The molecular weight excluding hydrogens is 258 g/mol. The monoisotopic (exact) mass is 289 g/mol. The van der Waals surface area contributed by atoms with Crippen molar-refractivity contribution in [2.75, 3.05) is 13.2 Å². The SMILES string of the molecule is CCCNC1c2ccccc2CCC1CCOC(C)(C)C. The summed E-state index contributed by atoms with van der Waals surface area (Å²) < 4.78 is 5.95. The molecular formula is C19H31NO. The first-order valence-corrected chi connectivity index (χ1v) is 8.46. The topological polar surface area (TPSA) is 21.3 Å². The van der Waals surface area contributed by atoms with E-state index >= 15 is 0 Å². The van der Waals surface area contributed by atoms with Crippen LogP contribution in [0.15, 0.2) is 24.3 Å².